The van der Waals surface area contributed by atoms with Crippen LogP contribution in [0.4, 0.5) is 10.5 Å². The van der Waals surface area contributed by atoms with E-state index < -0.39 is 0 Å². The summed E-state index contributed by atoms with van der Waals surface area (Å²) < 4.78 is 5.63. The number of carbonyl (C=O) groups excluding carboxylic acids is 1. The number of carbonyl (C=O) groups is 1. The summed E-state index contributed by atoms with van der Waals surface area (Å²) in [4.78, 5) is 13.8. The number of morpholine rings is 1. The van der Waals surface area contributed by atoms with E-state index in [-0.39, 0.29) is 12.1 Å². The van der Waals surface area contributed by atoms with E-state index >= 15 is 0 Å². The average Bonchev–Trinajstić information content (AvgIpc) is 2.40. The number of rotatable bonds is 2. The Morgan fingerprint density at radius 2 is 2.39 bits per heavy atom. The van der Waals surface area contributed by atoms with Crippen molar-refractivity contribution in [3.63, 3.8) is 0 Å². The van der Waals surface area contributed by atoms with Crippen LogP contribution in [-0.4, -0.2) is 46.9 Å². The lowest BCUT2D eigenvalue weighted by Crippen LogP contribution is -2.48. The van der Waals surface area contributed by atoms with E-state index in [1.54, 1.807) is 17.2 Å². The summed E-state index contributed by atoms with van der Waals surface area (Å²) in [6.07, 6.45) is 3.18. The summed E-state index contributed by atoms with van der Waals surface area (Å²) in [6.45, 7) is 6.03. The van der Waals surface area contributed by atoms with E-state index in [4.69, 9.17) is 4.74 Å². The molecule has 18 heavy (non-hydrogen) atoms. The Hall–Kier alpha value is -1.69. The molecule has 0 aromatic carbocycles. The maximum Gasteiger partial charge on any atom is 0.322 e. The molecule has 1 fully saturated rings. The standard InChI is InChI=1S/C12H18N4O2/c1-9(2)11-8-16(5-6-18-11)12(17)15-10-3-4-13-14-7-10/h3-4,7,9,11H,5-6,8H2,1-2H3,(H,13,15,17). The smallest absolute Gasteiger partial charge is 0.322 e. The van der Waals surface area contributed by atoms with E-state index in [2.05, 4.69) is 29.4 Å². The van der Waals surface area contributed by atoms with Crippen LogP contribution in [0, 0.1) is 5.92 Å². The van der Waals surface area contributed by atoms with Gasteiger partial charge in [-0.1, -0.05) is 13.8 Å². The molecule has 1 aromatic heterocycles. The fourth-order valence-electron chi connectivity index (χ4n) is 1.83. The Morgan fingerprint density at radius 3 is 3.06 bits per heavy atom. The highest BCUT2D eigenvalue weighted by Gasteiger charge is 2.26. The van der Waals surface area contributed by atoms with Crippen molar-refractivity contribution >= 4 is 11.7 Å². The van der Waals surface area contributed by atoms with Gasteiger partial charge in [0.2, 0.25) is 0 Å². The first-order valence-electron chi connectivity index (χ1n) is 6.11. The molecule has 2 amide bonds. The molecule has 1 atom stereocenters. The van der Waals surface area contributed by atoms with Crippen LogP contribution in [0.2, 0.25) is 0 Å². The van der Waals surface area contributed by atoms with Crippen LogP contribution in [0.15, 0.2) is 18.5 Å². The highest BCUT2D eigenvalue weighted by molar-refractivity contribution is 5.89. The summed E-state index contributed by atoms with van der Waals surface area (Å²) in [5.41, 5.74) is 0.655. The summed E-state index contributed by atoms with van der Waals surface area (Å²) in [6, 6.07) is 1.60. The molecule has 6 heteroatoms. The van der Waals surface area contributed by atoms with Crippen LogP contribution in [-0.2, 0) is 4.74 Å². The number of nitrogens with zero attached hydrogens (tertiary/aromatic N) is 3. The molecule has 2 heterocycles. The van der Waals surface area contributed by atoms with Gasteiger partial charge in [-0.3, -0.25) is 0 Å². The van der Waals surface area contributed by atoms with Crippen molar-refractivity contribution in [2.24, 2.45) is 5.92 Å². The highest BCUT2D eigenvalue weighted by Crippen LogP contribution is 2.14. The SMILES string of the molecule is CC(C)C1CN(C(=O)Nc2ccnnc2)CCO1. The van der Waals surface area contributed by atoms with E-state index in [0.717, 1.165) is 0 Å². The molecule has 1 saturated heterocycles. The molecule has 1 aromatic rings. The second-order valence-corrected chi connectivity index (χ2v) is 4.66. The minimum Gasteiger partial charge on any atom is -0.374 e. The molecule has 1 N–H and O–H groups in total. The first-order valence-corrected chi connectivity index (χ1v) is 6.11. The summed E-state index contributed by atoms with van der Waals surface area (Å²) in [5.74, 6) is 0.406. The molecular formula is C12H18N4O2. The van der Waals surface area contributed by atoms with E-state index in [1.165, 1.54) is 6.20 Å². The quantitative estimate of drug-likeness (QED) is 0.860. The zero-order valence-electron chi connectivity index (χ0n) is 10.7. The number of amides is 2. The molecule has 0 saturated carbocycles. The number of nitrogens with one attached hydrogen (secondary N) is 1. The fourth-order valence-corrected chi connectivity index (χ4v) is 1.83. The van der Waals surface area contributed by atoms with Crippen molar-refractivity contribution < 1.29 is 9.53 Å². The van der Waals surface area contributed by atoms with Gasteiger partial charge in [0, 0.05) is 13.1 Å². The van der Waals surface area contributed by atoms with Crippen LogP contribution < -0.4 is 5.32 Å². The molecule has 0 spiro atoms. The van der Waals surface area contributed by atoms with Crippen molar-refractivity contribution in [3.8, 4) is 0 Å². The van der Waals surface area contributed by atoms with Gasteiger partial charge in [-0.15, -0.1) is 0 Å². The first-order chi connectivity index (χ1) is 8.66. The van der Waals surface area contributed by atoms with Crippen LogP contribution in [0.25, 0.3) is 0 Å². The number of anilines is 1. The van der Waals surface area contributed by atoms with E-state index in [0.29, 0.717) is 31.3 Å². The van der Waals surface area contributed by atoms with Crippen LogP contribution in [0.1, 0.15) is 13.8 Å². The van der Waals surface area contributed by atoms with Gasteiger partial charge in [-0.2, -0.15) is 10.2 Å². The Labute approximate surface area is 106 Å². The van der Waals surface area contributed by atoms with Gasteiger partial charge >= 0.3 is 6.03 Å². The average molecular weight is 250 g/mol. The van der Waals surface area contributed by atoms with Crippen molar-refractivity contribution in [1.29, 1.82) is 0 Å². The van der Waals surface area contributed by atoms with E-state index in [1.807, 2.05) is 0 Å². The Morgan fingerprint density at radius 1 is 1.56 bits per heavy atom. The number of hydrogen-bond donors (Lipinski definition) is 1. The molecule has 98 valence electrons. The molecule has 6 nitrogen and oxygen atoms in total. The molecular weight excluding hydrogens is 232 g/mol. The topological polar surface area (TPSA) is 67.4 Å². The molecule has 0 radical (unpaired) electrons. The van der Waals surface area contributed by atoms with E-state index in [9.17, 15) is 4.79 Å². The largest absolute Gasteiger partial charge is 0.374 e. The van der Waals surface area contributed by atoms with Gasteiger partial charge in [-0.05, 0) is 12.0 Å². The molecule has 1 unspecified atom stereocenters. The predicted molar refractivity (Wildman–Crippen MR) is 67.2 cm³/mol. The summed E-state index contributed by atoms with van der Waals surface area (Å²) in [7, 11) is 0. The second-order valence-electron chi connectivity index (χ2n) is 4.66. The maximum absolute atomic E-state index is 12.0. The van der Waals surface area contributed by atoms with Crippen molar-refractivity contribution in [3.05, 3.63) is 18.5 Å². The molecule has 1 aliphatic heterocycles. The lowest BCUT2D eigenvalue weighted by Gasteiger charge is -2.34. The lowest BCUT2D eigenvalue weighted by molar-refractivity contribution is -0.0354. The number of aromatic nitrogens is 2. The number of urea groups is 1. The van der Waals surface area contributed by atoms with Gasteiger partial charge in [0.15, 0.2) is 0 Å². The Bertz CT molecular complexity index is 396. The maximum atomic E-state index is 12.0. The molecule has 2 rings (SSSR count). The van der Waals surface area contributed by atoms with Crippen LogP contribution in [0.3, 0.4) is 0 Å². The van der Waals surface area contributed by atoms with Crippen molar-refractivity contribution in [2.75, 3.05) is 25.0 Å². The fraction of sp³-hybridized carbons (Fsp3) is 0.583. The zero-order valence-corrected chi connectivity index (χ0v) is 10.7. The van der Waals surface area contributed by atoms with Gasteiger partial charge in [-0.25, -0.2) is 4.79 Å². The zero-order chi connectivity index (χ0) is 13.0. The first kappa shape index (κ1) is 12.8. The third-order valence-electron chi connectivity index (χ3n) is 2.96. The summed E-state index contributed by atoms with van der Waals surface area (Å²) in [5, 5.41) is 10.2. The van der Waals surface area contributed by atoms with Crippen molar-refractivity contribution in [2.45, 2.75) is 20.0 Å². The van der Waals surface area contributed by atoms with Crippen LogP contribution >= 0.6 is 0 Å². The third-order valence-corrected chi connectivity index (χ3v) is 2.96. The normalized spacial score (nSPS) is 19.9. The van der Waals surface area contributed by atoms with Gasteiger partial charge in [0.1, 0.15) is 0 Å². The van der Waals surface area contributed by atoms with Crippen molar-refractivity contribution in [1.82, 2.24) is 15.1 Å². The monoisotopic (exact) mass is 250 g/mol. The van der Waals surface area contributed by atoms with Crippen LogP contribution in [0.5, 0.6) is 0 Å². The Balaban J connectivity index is 1.93. The lowest BCUT2D eigenvalue weighted by atomic mass is 10.1. The Kier molecular flexibility index (Phi) is 4.09. The second kappa shape index (κ2) is 5.77. The minimum atomic E-state index is -0.114. The number of ether oxygens (including phenoxy) is 1. The third kappa shape index (κ3) is 3.16. The molecule has 0 bridgehead atoms. The molecule has 1 aliphatic rings. The predicted octanol–water partition coefficient (Wildman–Crippen LogP) is 1.37. The molecule has 0 aliphatic carbocycles. The van der Waals surface area contributed by atoms with Gasteiger partial charge in [0.25, 0.3) is 0 Å². The highest BCUT2D eigenvalue weighted by atomic mass is 16.5. The summed E-state index contributed by atoms with van der Waals surface area (Å²) >= 11 is 0. The minimum absolute atomic E-state index is 0.111. The van der Waals surface area contributed by atoms with Gasteiger partial charge < -0.3 is 15.0 Å². The van der Waals surface area contributed by atoms with Gasteiger partial charge in [0.05, 0.1) is 30.8 Å². The number of hydrogen-bond acceptors (Lipinski definition) is 4.